The van der Waals surface area contributed by atoms with Crippen molar-refractivity contribution in [2.45, 2.75) is 13.3 Å². The van der Waals surface area contributed by atoms with Crippen molar-refractivity contribution in [3.05, 3.63) is 11.8 Å². The molecule has 0 rings (SSSR count). The summed E-state index contributed by atoms with van der Waals surface area (Å²) in [5.41, 5.74) is 4.93. The normalized spacial score (nSPS) is 10.8. The van der Waals surface area contributed by atoms with Gasteiger partial charge in [-0.2, -0.15) is 0 Å². The molecule has 5 nitrogen and oxygen atoms in total. The van der Waals surface area contributed by atoms with Crippen LogP contribution < -0.4 is 5.73 Å². The van der Waals surface area contributed by atoms with E-state index in [9.17, 15) is 9.59 Å². The lowest BCUT2D eigenvalue weighted by Gasteiger charge is -2.00. The molecule has 0 fully saturated rings. The Hall–Kier alpha value is -1.52. The first kappa shape index (κ1) is 11.5. The Labute approximate surface area is 76.5 Å². The second kappa shape index (κ2) is 6.05. The number of rotatable bonds is 4. The Kier molecular flexibility index (Phi) is 5.34. The highest BCUT2D eigenvalue weighted by molar-refractivity contribution is 5.95. The zero-order chi connectivity index (χ0) is 10.3. The van der Waals surface area contributed by atoms with Crippen molar-refractivity contribution in [1.29, 1.82) is 0 Å². The van der Waals surface area contributed by atoms with Gasteiger partial charge in [-0.25, -0.2) is 9.59 Å². The number of carbonyl (C=O) groups is 2. The van der Waals surface area contributed by atoms with E-state index in [1.54, 1.807) is 0 Å². The minimum atomic E-state index is -0.742. The summed E-state index contributed by atoms with van der Waals surface area (Å²) in [7, 11) is 1.18. The summed E-state index contributed by atoms with van der Waals surface area (Å²) in [6.07, 6.45) is 1.62. The van der Waals surface area contributed by atoms with Crippen LogP contribution in [0.5, 0.6) is 0 Å². The number of hydrogen-bond acceptors (Lipinski definition) is 5. The summed E-state index contributed by atoms with van der Waals surface area (Å²) in [6, 6.07) is 0. The molecule has 0 radical (unpaired) electrons. The van der Waals surface area contributed by atoms with Crippen molar-refractivity contribution in [1.82, 2.24) is 0 Å². The third-order valence-electron chi connectivity index (χ3n) is 1.14. The van der Waals surface area contributed by atoms with Crippen molar-refractivity contribution < 1.29 is 19.1 Å². The molecule has 0 aromatic heterocycles. The molecule has 0 unspecified atom stereocenters. The number of methoxy groups -OCH3 is 1. The molecule has 74 valence electrons. The number of ether oxygens (including phenoxy) is 2. The Morgan fingerprint density at radius 2 is 2.08 bits per heavy atom. The monoisotopic (exact) mass is 187 g/mol. The zero-order valence-electron chi connectivity index (χ0n) is 7.70. The van der Waals surface area contributed by atoms with Crippen molar-refractivity contribution >= 4 is 11.9 Å². The van der Waals surface area contributed by atoms with Gasteiger partial charge >= 0.3 is 11.9 Å². The van der Waals surface area contributed by atoms with Crippen molar-refractivity contribution in [2.75, 3.05) is 13.7 Å². The molecular formula is C8H13NO4. The van der Waals surface area contributed by atoms with Gasteiger partial charge in [0.15, 0.2) is 0 Å². The van der Waals surface area contributed by atoms with E-state index in [1.165, 1.54) is 7.11 Å². The Morgan fingerprint density at radius 1 is 1.46 bits per heavy atom. The molecule has 0 atom stereocenters. The predicted octanol–water partition coefficient (Wildman–Crippen LogP) is -0.0448. The predicted molar refractivity (Wildman–Crippen MR) is 45.5 cm³/mol. The van der Waals surface area contributed by atoms with Gasteiger partial charge in [-0.3, -0.25) is 0 Å². The smallest absolute Gasteiger partial charge is 0.354 e. The average molecular weight is 187 g/mol. The van der Waals surface area contributed by atoms with E-state index in [0.717, 1.165) is 12.5 Å². The Bertz CT molecular complexity index is 222. The van der Waals surface area contributed by atoms with Crippen LogP contribution in [0.2, 0.25) is 0 Å². The van der Waals surface area contributed by atoms with E-state index in [-0.39, 0.29) is 5.70 Å². The third-order valence-corrected chi connectivity index (χ3v) is 1.14. The fraction of sp³-hybridized carbons (Fsp3) is 0.500. The quantitative estimate of drug-likeness (QED) is 0.493. The van der Waals surface area contributed by atoms with Crippen LogP contribution in [0.3, 0.4) is 0 Å². The summed E-state index contributed by atoms with van der Waals surface area (Å²) >= 11 is 0. The lowest BCUT2D eigenvalue weighted by Crippen LogP contribution is -2.15. The highest BCUT2D eigenvalue weighted by atomic mass is 16.5. The minimum Gasteiger partial charge on any atom is -0.464 e. The van der Waals surface area contributed by atoms with Gasteiger partial charge in [0.1, 0.15) is 5.70 Å². The van der Waals surface area contributed by atoms with Gasteiger partial charge in [-0.05, 0) is 6.42 Å². The first-order chi connectivity index (χ1) is 6.11. The van der Waals surface area contributed by atoms with Gasteiger partial charge in [-0.1, -0.05) is 6.92 Å². The third kappa shape index (κ3) is 4.84. The van der Waals surface area contributed by atoms with Crippen molar-refractivity contribution in [3.8, 4) is 0 Å². The highest BCUT2D eigenvalue weighted by Gasteiger charge is 2.07. The zero-order valence-corrected chi connectivity index (χ0v) is 7.70. The lowest BCUT2D eigenvalue weighted by atomic mass is 10.4. The molecular weight excluding hydrogens is 174 g/mol. The van der Waals surface area contributed by atoms with Crippen molar-refractivity contribution in [2.24, 2.45) is 5.73 Å². The molecule has 2 N–H and O–H groups in total. The second-order valence-electron chi connectivity index (χ2n) is 2.26. The average Bonchev–Trinajstić information content (AvgIpc) is 2.13. The van der Waals surface area contributed by atoms with Gasteiger partial charge in [0, 0.05) is 0 Å². The molecule has 0 aliphatic heterocycles. The highest BCUT2D eigenvalue weighted by Crippen LogP contribution is 1.91. The molecule has 0 saturated carbocycles. The fourth-order valence-corrected chi connectivity index (χ4v) is 0.548. The molecule has 0 aromatic carbocycles. The van der Waals surface area contributed by atoms with Crippen LogP contribution in [0, 0.1) is 0 Å². The minimum absolute atomic E-state index is 0.261. The maximum Gasteiger partial charge on any atom is 0.354 e. The molecule has 5 heteroatoms. The summed E-state index contributed by atoms with van der Waals surface area (Å²) in [4.78, 5) is 21.5. The van der Waals surface area contributed by atoms with Gasteiger partial charge < -0.3 is 15.2 Å². The first-order valence-electron chi connectivity index (χ1n) is 3.84. The van der Waals surface area contributed by atoms with Crippen LogP contribution in [-0.2, 0) is 19.1 Å². The molecule has 0 aliphatic rings. The van der Waals surface area contributed by atoms with Gasteiger partial charge in [0.2, 0.25) is 0 Å². The molecule has 0 aliphatic carbocycles. The van der Waals surface area contributed by atoms with Gasteiger partial charge in [0.25, 0.3) is 0 Å². The largest absolute Gasteiger partial charge is 0.464 e. The molecule has 13 heavy (non-hydrogen) atoms. The van der Waals surface area contributed by atoms with Crippen LogP contribution in [0.4, 0.5) is 0 Å². The van der Waals surface area contributed by atoms with Crippen LogP contribution in [0.15, 0.2) is 11.8 Å². The Morgan fingerprint density at radius 3 is 2.54 bits per heavy atom. The topological polar surface area (TPSA) is 78.6 Å². The summed E-state index contributed by atoms with van der Waals surface area (Å²) in [5.74, 6) is -1.38. The molecule has 0 bridgehead atoms. The molecule has 0 aromatic rings. The van der Waals surface area contributed by atoms with E-state index in [4.69, 9.17) is 5.73 Å². The summed E-state index contributed by atoms with van der Waals surface area (Å²) in [6.45, 7) is 2.17. The van der Waals surface area contributed by atoms with E-state index in [1.807, 2.05) is 6.92 Å². The van der Waals surface area contributed by atoms with Crippen molar-refractivity contribution in [3.63, 3.8) is 0 Å². The maximum absolute atomic E-state index is 10.8. The fourth-order valence-electron chi connectivity index (χ4n) is 0.548. The SMILES string of the molecule is CCCOC(=O)C=C(N)C(=O)OC. The number of esters is 2. The van der Waals surface area contributed by atoms with Crippen LogP contribution >= 0.6 is 0 Å². The first-order valence-corrected chi connectivity index (χ1v) is 3.84. The Balaban J connectivity index is 4.06. The summed E-state index contributed by atoms with van der Waals surface area (Å²) in [5, 5.41) is 0. The summed E-state index contributed by atoms with van der Waals surface area (Å²) < 4.78 is 8.93. The van der Waals surface area contributed by atoms with Crippen LogP contribution in [-0.4, -0.2) is 25.7 Å². The lowest BCUT2D eigenvalue weighted by molar-refractivity contribution is -0.140. The van der Waals surface area contributed by atoms with Gasteiger partial charge in [0.05, 0.1) is 19.8 Å². The molecule has 0 amide bonds. The maximum atomic E-state index is 10.8. The van der Waals surface area contributed by atoms with Crippen LogP contribution in [0.25, 0.3) is 0 Å². The van der Waals surface area contributed by atoms with E-state index in [2.05, 4.69) is 9.47 Å². The second-order valence-corrected chi connectivity index (χ2v) is 2.26. The molecule has 0 spiro atoms. The van der Waals surface area contributed by atoms with E-state index >= 15 is 0 Å². The number of nitrogens with two attached hydrogens (primary N) is 1. The van der Waals surface area contributed by atoms with E-state index in [0.29, 0.717) is 6.61 Å². The van der Waals surface area contributed by atoms with Crippen LogP contribution in [0.1, 0.15) is 13.3 Å². The standard InChI is InChI=1S/C8H13NO4/c1-3-4-13-7(10)5-6(9)8(11)12-2/h5H,3-4,9H2,1-2H3. The molecule has 0 heterocycles. The molecule has 0 saturated heterocycles. The van der Waals surface area contributed by atoms with E-state index < -0.39 is 11.9 Å². The van der Waals surface area contributed by atoms with Gasteiger partial charge in [-0.15, -0.1) is 0 Å². The number of hydrogen-bond donors (Lipinski definition) is 1. The number of carbonyl (C=O) groups excluding carboxylic acids is 2.